The lowest BCUT2D eigenvalue weighted by Crippen LogP contribution is -1.98. The van der Waals surface area contributed by atoms with Crippen LogP contribution in [-0.2, 0) is 0 Å². The molecule has 4 rings (SSSR count). The second-order valence-electron chi connectivity index (χ2n) is 6.50. The first-order chi connectivity index (χ1) is 14.9. The zero-order valence-corrected chi connectivity index (χ0v) is 18.0. The normalized spacial score (nSPS) is 12.0. The molecule has 0 atom stereocenters. The second kappa shape index (κ2) is 10.7. The quantitative estimate of drug-likeness (QED) is 0.175. The van der Waals surface area contributed by atoms with Crippen molar-refractivity contribution in [2.45, 2.75) is 9.79 Å². The number of hydrogen-bond acceptors (Lipinski definition) is 3. The monoisotopic (exact) mass is 423 g/mol. The van der Waals surface area contributed by atoms with Crippen LogP contribution in [0.15, 0.2) is 142 Å². The maximum atomic E-state index is 5.04. The number of benzene rings is 4. The molecule has 4 aromatic rings. The van der Waals surface area contributed by atoms with E-state index in [0.717, 1.165) is 21.9 Å². The van der Waals surface area contributed by atoms with E-state index in [4.69, 9.17) is 4.99 Å². The molecule has 146 valence electrons. The Labute approximate surface area is 186 Å². The van der Waals surface area contributed by atoms with Gasteiger partial charge in [0.25, 0.3) is 0 Å². The van der Waals surface area contributed by atoms with Crippen molar-refractivity contribution < 1.29 is 0 Å². The van der Waals surface area contributed by atoms with Crippen molar-refractivity contribution in [2.24, 2.45) is 4.99 Å². The molecule has 0 saturated carbocycles. The molecule has 0 aliphatic carbocycles. The molecule has 0 aliphatic heterocycles. The Kier molecular flexibility index (Phi) is 7.21. The van der Waals surface area contributed by atoms with E-state index in [0.29, 0.717) is 0 Å². The zero-order valence-electron chi connectivity index (χ0n) is 16.4. The molecule has 3 heteroatoms. The van der Waals surface area contributed by atoms with Crippen LogP contribution in [0.5, 0.6) is 0 Å². The van der Waals surface area contributed by atoms with E-state index in [1.807, 2.05) is 48.5 Å². The minimum Gasteiger partial charge on any atom is -0.241 e. The fourth-order valence-electron chi connectivity index (χ4n) is 2.84. The van der Waals surface area contributed by atoms with E-state index in [-0.39, 0.29) is 0 Å². The maximum absolute atomic E-state index is 5.04. The summed E-state index contributed by atoms with van der Waals surface area (Å²) in [6.45, 7) is 0. The summed E-state index contributed by atoms with van der Waals surface area (Å²) in [6, 6.07) is 41.5. The van der Waals surface area contributed by atoms with Crippen LogP contribution in [0.25, 0.3) is 5.57 Å². The number of para-hydroxylation sites is 1. The van der Waals surface area contributed by atoms with Gasteiger partial charge in [0.2, 0.25) is 0 Å². The van der Waals surface area contributed by atoms with Crippen LogP contribution < -0.4 is 0 Å². The van der Waals surface area contributed by atoms with Crippen LogP contribution >= 0.6 is 23.5 Å². The number of aliphatic imine (C=N–C) groups is 1. The van der Waals surface area contributed by atoms with Crippen LogP contribution in [0, 0.1) is 0 Å². The van der Waals surface area contributed by atoms with Crippen LogP contribution in [0.4, 0.5) is 5.69 Å². The standard InChI is InChI=1S/C27H21NS2/c1-5-13-22(14-6-1)26(21-29-24-17-9-3-10-18-24)27(28-23-15-7-2-8-16-23)30-25-19-11-4-12-20-25/h1-21H/b26-21+,28-27-. The lowest BCUT2D eigenvalue weighted by molar-refractivity contribution is 1.47. The van der Waals surface area contributed by atoms with Crippen LogP contribution in [0.3, 0.4) is 0 Å². The SMILES string of the molecule is C(/Sc1ccccc1)=C(\C(=N\c1ccccc1)Sc1ccccc1)c1ccccc1. The molecule has 0 fully saturated rings. The van der Waals surface area contributed by atoms with E-state index >= 15 is 0 Å². The van der Waals surface area contributed by atoms with Crippen molar-refractivity contribution in [2.75, 3.05) is 0 Å². The van der Waals surface area contributed by atoms with E-state index in [9.17, 15) is 0 Å². The lowest BCUT2D eigenvalue weighted by atomic mass is 10.1. The number of rotatable bonds is 6. The molecular formula is C27H21NS2. The van der Waals surface area contributed by atoms with Crippen molar-refractivity contribution in [1.82, 2.24) is 0 Å². The van der Waals surface area contributed by atoms with Gasteiger partial charge >= 0.3 is 0 Å². The molecule has 0 amide bonds. The first-order valence-electron chi connectivity index (χ1n) is 9.73. The van der Waals surface area contributed by atoms with Gasteiger partial charge in [-0.2, -0.15) is 0 Å². The van der Waals surface area contributed by atoms with E-state index in [1.165, 1.54) is 9.79 Å². The van der Waals surface area contributed by atoms with E-state index in [1.54, 1.807) is 23.5 Å². The largest absolute Gasteiger partial charge is 0.241 e. The number of nitrogens with zero attached hydrogens (tertiary/aromatic N) is 1. The van der Waals surface area contributed by atoms with Gasteiger partial charge in [0, 0.05) is 15.4 Å². The zero-order chi connectivity index (χ0) is 20.4. The minimum atomic E-state index is 0.947. The van der Waals surface area contributed by atoms with Gasteiger partial charge in [-0.3, -0.25) is 0 Å². The molecule has 1 nitrogen and oxygen atoms in total. The molecule has 0 aromatic heterocycles. The highest BCUT2D eigenvalue weighted by Crippen LogP contribution is 2.34. The fourth-order valence-corrected chi connectivity index (χ4v) is 4.69. The lowest BCUT2D eigenvalue weighted by Gasteiger charge is -2.12. The molecule has 0 radical (unpaired) electrons. The summed E-state index contributed by atoms with van der Waals surface area (Å²) in [5.41, 5.74) is 3.21. The number of hydrogen-bond donors (Lipinski definition) is 0. The van der Waals surface area contributed by atoms with Gasteiger partial charge in [-0.1, -0.05) is 108 Å². The third-order valence-corrected chi connectivity index (χ3v) is 6.23. The Bertz CT molecular complexity index is 1110. The topological polar surface area (TPSA) is 12.4 Å². The van der Waals surface area contributed by atoms with E-state index in [2.05, 4.69) is 78.2 Å². The summed E-state index contributed by atoms with van der Waals surface area (Å²) in [4.78, 5) is 7.41. The van der Waals surface area contributed by atoms with Crippen molar-refractivity contribution >= 4 is 39.8 Å². The molecule has 0 N–H and O–H groups in total. The molecule has 0 bridgehead atoms. The summed E-state index contributed by atoms with van der Waals surface area (Å²) < 4.78 is 0. The smallest absolute Gasteiger partial charge is 0.110 e. The van der Waals surface area contributed by atoms with Gasteiger partial charge in [-0.05, 0) is 47.4 Å². The van der Waals surface area contributed by atoms with Crippen molar-refractivity contribution in [3.63, 3.8) is 0 Å². The molecule has 0 unspecified atom stereocenters. The third kappa shape index (κ3) is 5.76. The van der Waals surface area contributed by atoms with Gasteiger partial charge in [0.05, 0.1) is 5.69 Å². The van der Waals surface area contributed by atoms with Gasteiger partial charge < -0.3 is 0 Å². The van der Waals surface area contributed by atoms with E-state index < -0.39 is 0 Å². The summed E-state index contributed by atoms with van der Waals surface area (Å²) in [7, 11) is 0. The van der Waals surface area contributed by atoms with Crippen LogP contribution in [-0.4, -0.2) is 5.04 Å². The summed E-state index contributed by atoms with van der Waals surface area (Å²) in [6.07, 6.45) is 0. The molecule has 4 aromatic carbocycles. The molecule has 0 saturated heterocycles. The predicted octanol–water partition coefficient (Wildman–Crippen LogP) is 8.34. The third-order valence-electron chi connectivity index (χ3n) is 4.32. The maximum Gasteiger partial charge on any atom is 0.110 e. The average Bonchev–Trinajstić information content (AvgIpc) is 2.82. The van der Waals surface area contributed by atoms with Crippen molar-refractivity contribution in [3.05, 3.63) is 132 Å². The first-order valence-corrected chi connectivity index (χ1v) is 11.4. The van der Waals surface area contributed by atoms with Crippen LogP contribution in [0.1, 0.15) is 5.56 Å². The summed E-state index contributed by atoms with van der Waals surface area (Å²) in [5, 5.41) is 3.18. The van der Waals surface area contributed by atoms with Crippen molar-refractivity contribution in [3.8, 4) is 0 Å². The van der Waals surface area contributed by atoms with Gasteiger partial charge in [-0.25, -0.2) is 4.99 Å². The van der Waals surface area contributed by atoms with Gasteiger partial charge in [-0.15, -0.1) is 0 Å². The Balaban J connectivity index is 1.78. The predicted molar refractivity (Wildman–Crippen MR) is 133 cm³/mol. The Morgan fingerprint density at radius 2 is 1.07 bits per heavy atom. The molecule has 30 heavy (non-hydrogen) atoms. The second-order valence-corrected chi connectivity index (χ2v) is 8.50. The first kappa shape index (κ1) is 20.3. The Hall–Kier alpha value is -3.01. The fraction of sp³-hybridized carbons (Fsp3) is 0. The highest BCUT2D eigenvalue weighted by atomic mass is 32.2. The average molecular weight is 424 g/mol. The molecule has 0 heterocycles. The number of thioether (sulfide) groups is 2. The Morgan fingerprint density at radius 3 is 1.67 bits per heavy atom. The highest BCUT2D eigenvalue weighted by Gasteiger charge is 2.13. The van der Waals surface area contributed by atoms with Gasteiger partial charge in [0.1, 0.15) is 5.04 Å². The molecular weight excluding hydrogens is 402 g/mol. The Morgan fingerprint density at radius 1 is 0.567 bits per heavy atom. The summed E-state index contributed by atoms with van der Waals surface area (Å²) in [5.74, 6) is 0. The minimum absolute atomic E-state index is 0.947. The molecule has 0 spiro atoms. The summed E-state index contributed by atoms with van der Waals surface area (Å²) >= 11 is 3.41. The van der Waals surface area contributed by atoms with Crippen LogP contribution in [0.2, 0.25) is 0 Å². The highest BCUT2D eigenvalue weighted by molar-refractivity contribution is 8.15. The molecule has 0 aliphatic rings. The van der Waals surface area contributed by atoms with Gasteiger partial charge in [0.15, 0.2) is 0 Å². The van der Waals surface area contributed by atoms with Crippen molar-refractivity contribution in [1.29, 1.82) is 0 Å².